The lowest BCUT2D eigenvalue weighted by molar-refractivity contribution is -0.149. The number of β-amino-alcohol motifs (C(OH)–C–C–N with tert-alkyl or cyclic N) is 1. The molecule has 0 spiro atoms. The predicted octanol–water partition coefficient (Wildman–Crippen LogP) is 4.11. The average molecular weight is 443 g/mol. The Kier molecular flexibility index (Phi) is 5.84. The second-order valence-electron chi connectivity index (χ2n) is 8.45. The summed E-state index contributed by atoms with van der Waals surface area (Å²) < 4.78 is 11.1. The number of esters is 1. The molecule has 0 radical (unpaired) electrons. The molecule has 1 N–H and O–H groups in total. The van der Waals surface area contributed by atoms with Crippen LogP contribution >= 0.6 is 0 Å². The monoisotopic (exact) mass is 443 g/mol. The molecule has 2 atom stereocenters. The van der Waals surface area contributed by atoms with Crippen LogP contribution in [0.1, 0.15) is 29.0 Å². The molecule has 3 aromatic carbocycles. The van der Waals surface area contributed by atoms with Gasteiger partial charge < -0.3 is 14.6 Å². The number of carbonyl (C=O) groups excluding carboxylic acids is 2. The summed E-state index contributed by atoms with van der Waals surface area (Å²) in [5.41, 5.74) is 5.39. The number of ether oxygens (including phenoxy) is 2. The van der Waals surface area contributed by atoms with Gasteiger partial charge in [0.25, 0.3) is 0 Å². The Morgan fingerprint density at radius 1 is 0.848 bits per heavy atom. The summed E-state index contributed by atoms with van der Waals surface area (Å²) in [6, 6.07) is 24.7. The van der Waals surface area contributed by atoms with Gasteiger partial charge in [-0.05, 0) is 27.8 Å². The SMILES string of the molecule is O=C(OCc1ccccc1)[C@@H]1C[C@H](O)CN1C(=O)OCC1c2ccccc2-c2ccccc21. The van der Waals surface area contributed by atoms with E-state index in [1.807, 2.05) is 54.6 Å². The van der Waals surface area contributed by atoms with Crippen molar-refractivity contribution in [2.24, 2.45) is 0 Å². The number of fused-ring (bicyclic) bond motifs is 3. The van der Waals surface area contributed by atoms with Crippen molar-refractivity contribution >= 4 is 12.1 Å². The highest BCUT2D eigenvalue weighted by atomic mass is 16.6. The van der Waals surface area contributed by atoms with Gasteiger partial charge in [-0.15, -0.1) is 0 Å². The number of benzene rings is 3. The summed E-state index contributed by atoms with van der Waals surface area (Å²) in [6.45, 7) is 0.317. The first-order valence-corrected chi connectivity index (χ1v) is 11.1. The molecule has 6 heteroatoms. The molecular weight excluding hydrogens is 418 g/mol. The van der Waals surface area contributed by atoms with Gasteiger partial charge in [0.15, 0.2) is 0 Å². The molecule has 0 aromatic heterocycles. The topological polar surface area (TPSA) is 76.1 Å². The Balaban J connectivity index is 1.26. The van der Waals surface area contributed by atoms with Crippen molar-refractivity contribution in [3.05, 3.63) is 95.6 Å². The van der Waals surface area contributed by atoms with E-state index < -0.39 is 24.2 Å². The Morgan fingerprint density at radius 2 is 1.45 bits per heavy atom. The van der Waals surface area contributed by atoms with E-state index in [4.69, 9.17) is 9.47 Å². The summed E-state index contributed by atoms with van der Waals surface area (Å²) in [5.74, 6) is -0.610. The molecule has 0 unspecified atom stereocenters. The van der Waals surface area contributed by atoms with Crippen LogP contribution in [0.5, 0.6) is 0 Å². The largest absolute Gasteiger partial charge is 0.459 e. The van der Waals surface area contributed by atoms with Crippen LogP contribution < -0.4 is 0 Å². The summed E-state index contributed by atoms with van der Waals surface area (Å²) in [5, 5.41) is 10.1. The van der Waals surface area contributed by atoms with Crippen LogP contribution in [0.3, 0.4) is 0 Å². The maximum atomic E-state index is 12.9. The van der Waals surface area contributed by atoms with Crippen LogP contribution in [0.2, 0.25) is 0 Å². The van der Waals surface area contributed by atoms with E-state index in [0.717, 1.165) is 27.8 Å². The Labute approximate surface area is 192 Å². The van der Waals surface area contributed by atoms with Crippen LogP contribution in [0.15, 0.2) is 78.9 Å². The molecule has 3 aromatic rings. The number of aliphatic hydroxyl groups excluding tert-OH is 1. The van der Waals surface area contributed by atoms with E-state index in [2.05, 4.69) is 24.3 Å². The minimum absolute atomic E-state index is 0.0434. The van der Waals surface area contributed by atoms with Gasteiger partial charge in [-0.2, -0.15) is 0 Å². The fourth-order valence-corrected chi connectivity index (χ4v) is 4.74. The van der Waals surface area contributed by atoms with Crippen molar-refractivity contribution < 1.29 is 24.2 Å². The van der Waals surface area contributed by atoms with Gasteiger partial charge in [0, 0.05) is 12.3 Å². The normalized spacial score (nSPS) is 19.1. The Morgan fingerprint density at radius 3 is 2.12 bits per heavy atom. The van der Waals surface area contributed by atoms with E-state index in [9.17, 15) is 14.7 Å². The molecule has 6 nitrogen and oxygen atoms in total. The first-order chi connectivity index (χ1) is 16.1. The molecule has 168 valence electrons. The summed E-state index contributed by atoms with van der Waals surface area (Å²) >= 11 is 0. The van der Waals surface area contributed by atoms with Gasteiger partial charge in [-0.1, -0.05) is 78.9 Å². The van der Waals surface area contributed by atoms with Gasteiger partial charge in [0.05, 0.1) is 12.6 Å². The van der Waals surface area contributed by atoms with Crippen LogP contribution in [0, 0.1) is 0 Å². The van der Waals surface area contributed by atoms with Crippen LogP contribution in [-0.2, 0) is 20.9 Å². The van der Waals surface area contributed by atoms with Gasteiger partial charge in [-0.3, -0.25) is 4.90 Å². The smallest absolute Gasteiger partial charge is 0.410 e. The third-order valence-electron chi connectivity index (χ3n) is 6.35. The maximum Gasteiger partial charge on any atom is 0.410 e. The predicted molar refractivity (Wildman–Crippen MR) is 122 cm³/mol. The number of carbonyl (C=O) groups is 2. The van der Waals surface area contributed by atoms with E-state index in [1.54, 1.807) is 0 Å². The van der Waals surface area contributed by atoms with Crippen LogP contribution in [0.25, 0.3) is 11.1 Å². The van der Waals surface area contributed by atoms with E-state index in [0.29, 0.717) is 0 Å². The number of hydrogen-bond donors (Lipinski definition) is 1. The van der Waals surface area contributed by atoms with Gasteiger partial charge in [0.1, 0.15) is 19.3 Å². The fourth-order valence-electron chi connectivity index (χ4n) is 4.74. The number of aliphatic hydroxyl groups is 1. The van der Waals surface area contributed by atoms with Crippen LogP contribution in [0.4, 0.5) is 4.79 Å². The molecule has 0 bridgehead atoms. The number of likely N-dealkylation sites (tertiary alicyclic amines) is 1. The van der Waals surface area contributed by atoms with E-state index >= 15 is 0 Å². The number of nitrogens with zero attached hydrogens (tertiary/aromatic N) is 1. The van der Waals surface area contributed by atoms with Crippen LogP contribution in [-0.4, -0.2) is 47.4 Å². The third kappa shape index (κ3) is 4.22. The molecule has 1 saturated heterocycles. The van der Waals surface area contributed by atoms with E-state index in [-0.39, 0.29) is 32.1 Å². The van der Waals surface area contributed by atoms with Gasteiger partial charge >= 0.3 is 12.1 Å². The summed E-state index contributed by atoms with van der Waals surface area (Å²) in [7, 11) is 0. The van der Waals surface area contributed by atoms with Crippen molar-refractivity contribution in [1.82, 2.24) is 4.90 Å². The lowest BCUT2D eigenvalue weighted by Gasteiger charge is -2.23. The lowest BCUT2D eigenvalue weighted by atomic mass is 9.98. The van der Waals surface area contributed by atoms with Crippen molar-refractivity contribution in [1.29, 1.82) is 0 Å². The van der Waals surface area contributed by atoms with Gasteiger partial charge in [-0.25, -0.2) is 9.59 Å². The maximum absolute atomic E-state index is 12.9. The van der Waals surface area contributed by atoms with Crippen molar-refractivity contribution in [2.45, 2.75) is 31.1 Å². The molecule has 5 rings (SSSR count). The minimum atomic E-state index is -0.862. The standard InChI is InChI=1S/C27H25NO5/c29-19-14-25(26(30)32-16-18-8-2-1-3-9-18)28(15-19)27(31)33-17-24-22-12-6-4-10-20(22)21-11-5-7-13-23(21)24/h1-13,19,24-25,29H,14-17H2/t19-,25-/m0/s1. The molecule has 2 aliphatic rings. The van der Waals surface area contributed by atoms with Crippen molar-refractivity contribution in [3.8, 4) is 11.1 Å². The third-order valence-corrected chi connectivity index (χ3v) is 6.35. The lowest BCUT2D eigenvalue weighted by Crippen LogP contribution is -2.42. The first-order valence-electron chi connectivity index (χ1n) is 11.1. The number of rotatable bonds is 5. The van der Waals surface area contributed by atoms with Gasteiger partial charge in [0.2, 0.25) is 0 Å². The Hall–Kier alpha value is -3.64. The summed E-state index contributed by atoms with van der Waals surface area (Å²) in [4.78, 5) is 26.9. The number of amides is 1. The Bertz CT molecular complexity index is 1120. The molecule has 1 amide bonds. The molecule has 1 aliphatic heterocycles. The average Bonchev–Trinajstić information content (AvgIpc) is 3.40. The molecule has 1 heterocycles. The molecule has 1 fully saturated rings. The zero-order valence-electron chi connectivity index (χ0n) is 18.1. The highest BCUT2D eigenvalue weighted by Gasteiger charge is 2.41. The number of hydrogen-bond acceptors (Lipinski definition) is 5. The highest BCUT2D eigenvalue weighted by molar-refractivity contribution is 5.83. The van der Waals surface area contributed by atoms with Crippen molar-refractivity contribution in [3.63, 3.8) is 0 Å². The molecular formula is C27H25NO5. The molecule has 0 saturated carbocycles. The first kappa shape index (κ1) is 21.2. The molecule has 1 aliphatic carbocycles. The van der Waals surface area contributed by atoms with E-state index in [1.165, 1.54) is 4.90 Å². The highest BCUT2D eigenvalue weighted by Crippen LogP contribution is 2.44. The second kappa shape index (κ2) is 9.08. The second-order valence-corrected chi connectivity index (χ2v) is 8.45. The summed E-state index contributed by atoms with van der Waals surface area (Å²) in [6.07, 6.45) is -1.27. The fraction of sp³-hybridized carbons (Fsp3) is 0.259. The minimum Gasteiger partial charge on any atom is -0.459 e. The molecule has 33 heavy (non-hydrogen) atoms. The zero-order chi connectivity index (χ0) is 22.8. The quantitative estimate of drug-likeness (QED) is 0.601. The van der Waals surface area contributed by atoms with Crippen molar-refractivity contribution in [2.75, 3.05) is 13.2 Å². The zero-order valence-corrected chi connectivity index (χ0v) is 18.1.